The molecule has 0 rings (SSSR count). The lowest BCUT2D eigenvalue weighted by atomic mass is 10.3. The van der Waals surface area contributed by atoms with Crippen LogP contribution in [-0.2, 0) is 24.0 Å². The molecule has 0 saturated heterocycles. The third-order valence-corrected chi connectivity index (χ3v) is 1.76. The maximum absolute atomic E-state index is 9.00. The number of aliphatic carboxylic acids is 5. The lowest BCUT2D eigenvalue weighted by molar-refractivity contribution is -0.135. The molecular weight excluding hydrogens is 414 g/mol. The zero-order valence-electron chi connectivity index (χ0n) is 19.9. The summed E-state index contributed by atoms with van der Waals surface area (Å²) in [5.41, 5.74) is 1.32. The van der Waals surface area contributed by atoms with Crippen LogP contribution in [0.5, 0.6) is 0 Å². The maximum Gasteiger partial charge on any atom is 0.300 e. The molecule has 11 heteroatoms. The first-order chi connectivity index (χ1) is 14.0. The van der Waals surface area contributed by atoms with Crippen LogP contribution >= 0.6 is 0 Å². The van der Waals surface area contributed by atoms with E-state index in [2.05, 4.69) is 43.9 Å². The molecule has 0 aromatic heterocycles. The van der Waals surface area contributed by atoms with Crippen molar-refractivity contribution in [2.45, 2.75) is 62.3 Å². The molecule has 0 spiro atoms. The van der Waals surface area contributed by atoms with Crippen LogP contribution in [0.3, 0.4) is 0 Å². The van der Waals surface area contributed by atoms with E-state index in [0.717, 1.165) is 47.7 Å². The van der Waals surface area contributed by atoms with E-state index in [1.165, 1.54) is 5.70 Å². The van der Waals surface area contributed by atoms with Crippen LogP contribution < -0.4 is 0 Å². The van der Waals surface area contributed by atoms with Crippen LogP contribution in [0.1, 0.15) is 62.3 Å². The summed E-state index contributed by atoms with van der Waals surface area (Å²) in [5, 5.41) is 37.1. The third-order valence-electron chi connectivity index (χ3n) is 1.76. The van der Waals surface area contributed by atoms with E-state index in [-0.39, 0.29) is 0 Å². The van der Waals surface area contributed by atoms with E-state index >= 15 is 0 Å². The number of allylic oxidation sites excluding steroid dienone is 3. The van der Waals surface area contributed by atoms with E-state index in [9.17, 15) is 0 Å². The monoisotopic (exact) mass is 453 g/mol. The third kappa shape index (κ3) is 174. The average Bonchev–Trinajstić information content (AvgIpc) is 2.52. The van der Waals surface area contributed by atoms with Crippen LogP contribution in [0.25, 0.3) is 0 Å². The number of hydrogen-bond acceptors (Lipinski definition) is 6. The molecular formula is C20H39NO10. The highest BCUT2D eigenvalue weighted by molar-refractivity contribution is 5.63. The Bertz CT molecular complexity index is 446. The lowest BCUT2D eigenvalue weighted by Crippen LogP contribution is -2.20. The number of hydrogen-bond donors (Lipinski definition) is 5. The predicted molar refractivity (Wildman–Crippen MR) is 118 cm³/mol. The molecule has 184 valence electrons. The molecule has 0 fully saturated rings. The van der Waals surface area contributed by atoms with Crippen molar-refractivity contribution in [3.05, 3.63) is 23.9 Å². The van der Waals surface area contributed by atoms with Gasteiger partial charge >= 0.3 is 0 Å². The summed E-state index contributed by atoms with van der Waals surface area (Å²) in [6, 6.07) is 0. The molecule has 0 aromatic carbocycles. The number of carboxylic acid groups (broad SMARTS) is 5. The maximum atomic E-state index is 9.00. The Balaban J connectivity index is -0.0000000660. The van der Waals surface area contributed by atoms with Gasteiger partial charge in [-0.3, -0.25) is 24.0 Å². The predicted octanol–water partition coefficient (Wildman–Crippen LogP) is 3.26. The average molecular weight is 454 g/mol. The summed E-state index contributed by atoms with van der Waals surface area (Å²) in [7, 11) is 0. The lowest BCUT2D eigenvalue weighted by Gasteiger charge is -2.21. The van der Waals surface area contributed by atoms with Gasteiger partial charge in [-0.25, -0.2) is 0 Å². The molecule has 31 heavy (non-hydrogen) atoms. The summed E-state index contributed by atoms with van der Waals surface area (Å²) >= 11 is 0. The van der Waals surface area contributed by atoms with Gasteiger partial charge in [0.25, 0.3) is 29.8 Å². The van der Waals surface area contributed by atoms with E-state index in [1.807, 2.05) is 6.92 Å². The standard InChI is InChI=1S/C10H19N.5C2H4O2/c1-5-9-10(6-2)11(7-3)8-4;5*1-2(3)4/h5-6,9H,7-8H2,1-4H3;5*1H3,(H,3,4). The molecule has 0 heterocycles. The molecule has 0 radical (unpaired) electrons. The fourth-order valence-corrected chi connectivity index (χ4v) is 1.14. The minimum absolute atomic E-state index is 0.833. The smallest absolute Gasteiger partial charge is 0.300 e. The van der Waals surface area contributed by atoms with Gasteiger partial charge in [-0.2, -0.15) is 0 Å². The summed E-state index contributed by atoms with van der Waals surface area (Å²) in [4.78, 5) is 47.3. The molecule has 0 amide bonds. The molecule has 0 aliphatic rings. The van der Waals surface area contributed by atoms with Gasteiger partial charge in [0.1, 0.15) is 0 Å². The van der Waals surface area contributed by atoms with Gasteiger partial charge in [0.2, 0.25) is 0 Å². The molecule has 0 aliphatic heterocycles. The van der Waals surface area contributed by atoms with Crippen molar-refractivity contribution in [2.75, 3.05) is 13.1 Å². The zero-order chi connectivity index (χ0) is 26.6. The van der Waals surface area contributed by atoms with Crippen LogP contribution in [0.2, 0.25) is 0 Å². The molecule has 11 nitrogen and oxygen atoms in total. The Kier molecular flexibility index (Phi) is 46.1. The number of nitrogens with zero attached hydrogens (tertiary/aromatic N) is 1. The van der Waals surface area contributed by atoms with Crippen molar-refractivity contribution in [3.8, 4) is 0 Å². The van der Waals surface area contributed by atoms with Crippen molar-refractivity contribution < 1.29 is 49.5 Å². The molecule has 0 saturated carbocycles. The number of carboxylic acids is 5. The minimum Gasteiger partial charge on any atom is -0.481 e. The molecule has 0 atom stereocenters. The van der Waals surface area contributed by atoms with Gasteiger partial charge in [0.05, 0.1) is 0 Å². The van der Waals surface area contributed by atoms with E-state index in [1.54, 1.807) is 0 Å². The fourth-order valence-electron chi connectivity index (χ4n) is 1.14. The Labute approximate surface area is 184 Å². The van der Waals surface area contributed by atoms with Crippen LogP contribution in [-0.4, -0.2) is 73.4 Å². The first-order valence-corrected chi connectivity index (χ1v) is 8.97. The normalized spacial score (nSPS) is 8.48. The van der Waals surface area contributed by atoms with Gasteiger partial charge in [-0.1, -0.05) is 12.2 Å². The Morgan fingerprint density at radius 2 is 0.806 bits per heavy atom. The second-order valence-corrected chi connectivity index (χ2v) is 4.98. The highest BCUT2D eigenvalue weighted by Gasteiger charge is 1.98. The Hall–Kier alpha value is -3.37. The molecule has 0 aliphatic carbocycles. The summed E-state index contributed by atoms with van der Waals surface area (Å²) in [5.74, 6) is -4.17. The molecule has 5 N–H and O–H groups in total. The van der Waals surface area contributed by atoms with Crippen molar-refractivity contribution in [3.63, 3.8) is 0 Å². The Morgan fingerprint density at radius 1 is 0.613 bits per heavy atom. The number of likely N-dealkylation sites (N-methyl/N-ethyl adjacent to an activating group) is 1. The minimum atomic E-state index is -0.833. The van der Waals surface area contributed by atoms with E-state index in [4.69, 9.17) is 49.5 Å². The van der Waals surface area contributed by atoms with Gasteiger partial charge in [-0.05, 0) is 33.8 Å². The van der Waals surface area contributed by atoms with Crippen molar-refractivity contribution >= 4 is 29.8 Å². The Morgan fingerprint density at radius 3 is 0.903 bits per heavy atom. The van der Waals surface area contributed by atoms with Gasteiger partial charge in [0.15, 0.2) is 0 Å². The summed E-state index contributed by atoms with van der Waals surface area (Å²) in [6.45, 7) is 16.1. The highest BCUT2D eigenvalue weighted by atomic mass is 16.4. The quantitative estimate of drug-likeness (QED) is 0.393. The van der Waals surface area contributed by atoms with E-state index in [0.29, 0.717) is 0 Å². The zero-order valence-corrected chi connectivity index (χ0v) is 19.9. The summed E-state index contributed by atoms with van der Waals surface area (Å²) < 4.78 is 0. The van der Waals surface area contributed by atoms with Crippen LogP contribution in [0.4, 0.5) is 0 Å². The van der Waals surface area contributed by atoms with Crippen LogP contribution in [0.15, 0.2) is 23.9 Å². The molecule has 0 aromatic rings. The van der Waals surface area contributed by atoms with Crippen molar-refractivity contribution in [1.82, 2.24) is 4.90 Å². The van der Waals surface area contributed by atoms with E-state index < -0.39 is 29.8 Å². The molecule has 0 bridgehead atoms. The first-order valence-electron chi connectivity index (χ1n) is 8.97. The first kappa shape index (κ1) is 41.9. The number of rotatable bonds is 4. The summed E-state index contributed by atoms with van der Waals surface area (Å²) in [6.07, 6.45) is 6.37. The van der Waals surface area contributed by atoms with Crippen molar-refractivity contribution in [2.24, 2.45) is 0 Å². The van der Waals surface area contributed by atoms with Gasteiger partial charge in [0, 0.05) is 53.4 Å². The number of carbonyl (C=O) groups is 5. The van der Waals surface area contributed by atoms with Gasteiger partial charge < -0.3 is 30.4 Å². The molecule has 0 unspecified atom stereocenters. The second kappa shape index (κ2) is 34.2. The second-order valence-electron chi connectivity index (χ2n) is 4.98. The van der Waals surface area contributed by atoms with Crippen molar-refractivity contribution in [1.29, 1.82) is 0 Å². The van der Waals surface area contributed by atoms with Crippen LogP contribution in [0, 0.1) is 0 Å². The highest BCUT2D eigenvalue weighted by Crippen LogP contribution is 2.04. The van der Waals surface area contributed by atoms with Gasteiger partial charge in [-0.15, -0.1) is 0 Å². The SMILES string of the molecule is CC(=O)O.CC(=O)O.CC(=O)O.CC(=O)O.CC(=O)O.CC=CC(=CC)N(CC)CC. The topological polar surface area (TPSA) is 190 Å². The largest absolute Gasteiger partial charge is 0.481 e. The fraction of sp³-hybridized carbons (Fsp3) is 0.550.